The van der Waals surface area contributed by atoms with Crippen LogP contribution in [0.3, 0.4) is 0 Å². The molecule has 1 saturated heterocycles. The summed E-state index contributed by atoms with van der Waals surface area (Å²) in [5.74, 6) is -0.591. The summed E-state index contributed by atoms with van der Waals surface area (Å²) in [6.45, 7) is 11.6. The van der Waals surface area contributed by atoms with Crippen LogP contribution >= 0.6 is 11.3 Å². The number of piperazine rings is 1. The molecule has 2 rings (SSSR count). The van der Waals surface area contributed by atoms with E-state index in [2.05, 4.69) is 22.1 Å². The molecule has 2 heterocycles. The summed E-state index contributed by atoms with van der Waals surface area (Å²) >= 11 is 1.41. The largest absolute Gasteiger partial charge is 0.462 e. The third-order valence-corrected chi connectivity index (χ3v) is 5.72. The number of carbonyl (C=O) groups excluding carboxylic acids is 3. The summed E-state index contributed by atoms with van der Waals surface area (Å²) in [5.41, 5.74) is 0.414. The van der Waals surface area contributed by atoms with Crippen molar-refractivity contribution in [2.45, 2.75) is 20.3 Å². The van der Waals surface area contributed by atoms with Crippen LogP contribution in [0.5, 0.6) is 0 Å². The molecule has 0 spiro atoms. The van der Waals surface area contributed by atoms with Gasteiger partial charge in [-0.15, -0.1) is 17.9 Å². The molecule has 1 aromatic heterocycles. The average molecular weight is 423 g/mol. The fourth-order valence-corrected chi connectivity index (χ4v) is 3.99. The van der Waals surface area contributed by atoms with Crippen molar-refractivity contribution >= 4 is 34.1 Å². The van der Waals surface area contributed by atoms with Crippen LogP contribution in [-0.2, 0) is 20.7 Å². The highest BCUT2D eigenvalue weighted by atomic mass is 32.1. The zero-order valence-electron chi connectivity index (χ0n) is 17.2. The number of rotatable bonds is 10. The number of thiophene rings is 1. The van der Waals surface area contributed by atoms with E-state index < -0.39 is 5.97 Å². The second-order valence-electron chi connectivity index (χ2n) is 6.72. The van der Waals surface area contributed by atoms with Crippen LogP contribution in [0.15, 0.2) is 18.7 Å². The minimum absolute atomic E-state index is 0.0213. The van der Waals surface area contributed by atoms with Crippen LogP contribution in [-0.4, -0.2) is 80.0 Å². The maximum Gasteiger partial charge on any atom is 0.341 e. The standard InChI is InChI=1S/C20H30N4O4S/c1-4-7-21-17(25)13-23-8-10-24(11-9-23)14-18(26)22-19-16(20(27)28-6-3)12-15(5-2)29-19/h4,12H,1,5-11,13-14H2,2-3H3,(H,21,25)(H,22,26). The smallest absolute Gasteiger partial charge is 0.341 e. The van der Waals surface area contributed by atoms with Gasteiger partial charge < -0.3 is 15.4 Å². The Morgan fingerprint density at radius 3 is 2.31 bits per heavy atom. The Balaban J connectivity index is 1.83. The number of hydrogen-bond acceptors (Lipinski definition) is 7. The van der Waals surface area contributed by atoms with Crippen molar-refractivity contribution in [1.82, 2.24) is 15.1 Å². The minimum atomic E-state index is -0.415. The highest BCUT2D eigenvalue weighted by molar-refractivity contribution is 7.16. The molecule has 9 heteroatoms. The van der Waals surface area contributed by atoms with E-state index in [0.717, 1.165) is 24.4 Å². The van der Waals surface area contributed by atoms with Gasteiger partial charge in [-0.3, -0.25) is 19.4 Å². The third kappa shape index (κ3) is 7.26. The Kier molecular flexibility index (Phi) is 9.30. The Morgan fingerprint density at radius 2 is 1.76 bits per heavy atom. The molecular weight excluding hydrogens is 392 g/mol. The van der Waals surface area contributed by atoms with Crippen molar-refractivity contribution in [2.75, 3.05) is 57.7 Å². The van der Waals surface area contributed by atoms with Gasteiger partial charge in [0, 0.05) is 37.6 Å². The molecule has 0 unspecified atom stereocenters. The second kappa shape index (κ2) is 11.7. The van der Waals surface area contributed by atoms with Gasteiger partial charge in [0.05, 0.1) is 25.3 Å². The summed E-state index contributed by atoms with van der Waals surface area (Å²) in [4.78, 5) is 41.6. The van der Waals surface area contributed by atoms with E-state index in [1.54, 1.807) is 19.1 Å². The molecule has 2 N–H and O–H groups in total. The zero-order valence-corrected chi connectivity index (χ0v) is 18.0. The van der Waals surface area contributed by atoms with Gasteiger partial charge in [-0.2, -0.15) is 0 Å². The molecule has 0 aromatic carbocycles. The number of nitrogens with zero attached hydrogens (tertiary/aromatic N) is 2. The van der Waals surface area contributed by atoms with Crippen molar-refractivity contribution in [3.05, 3.63) is 29.2 Å². The highest BCUT2D eigenvalue weighted by Gasteiger charge is 2.22. The number of anilines is 1. The van der Waals surface area contributed by atoms with Crippen LogP contribution in [0.4, 0.5) is 5.00 Å². The molecule has 1 aliphatic rings. The Morgan fingerprint density at radius 1 is 1.14 bits per heavy atom. The predicted octanol–water partition coefficient (Wildman–Crippen LogP) is 1.35. The number of hydrogen-bond donors (Lipinski definition) is 2. The lowest BCUT2D eigenvalue weighted by Gasteiger charge is -2.33. The number of aryl methyl sites for hydroxylation is 1. The van der Waals surface area contributed by atoms with Crippen molar-refractivity contribution in [3.8, 4) is 0 Å². The fraction of sp³-hybridized carbons (Fsp3) is 0.550. The van der Waals surface area contributed by atoms with E-state index in [4.69, 9.17) is 4.74 Å². The number of esters is 1. The van der Waals surface area contributed by atoms with E-state index >= 15 is 0 Å². The molecule has 0 atom stereocenters. The van der Waals surface area contributed by atoms with E-state index in [1.165, 1.54) is 11.3 Å². The summed E-state index contributed by atoms with van der Waals surface area (Å²) in [7, 11) is 0. The van der Waals surface area contributed by atoms with Gasteiger partial charge in [-0.1, -0.05) is 13.0 Å². The van der Waals surface area contributed by atoms with Crippen LogP contribution in [0.25, 0.3) is 0 Å². The lowest BCUT2D eigenvalue weighted by atomic mass is 10.2. The van der Waals surface area contributed by atoms with Gasteiger partial charge >= 0.3 is 5.97 Å². The molecule has 29 heavy (non-hydrogen) atoms. The van der Waals surface area contributed by atoms with E-state index in [1.807, 2.05) is 11.8 Å². The first-order valence-electron chi connectivity index (χ1n) is 9.88. The van der Waals surface area contributed by atoms with Crippen LogP contribution in [0, 0.1) is 0 Å². The molecule has 160 valence electrons. The molecule has 0 radical (unpaired) electrons. The minimum Gasteiger partial charge on any atom is -0.462 e. The first-order chi connectivity index (χ1) is 14.0. The quantitative estimate of drug-likeness (QED) is 0.437. The maximum absolute atomic E-state index is 12.5. The lowest BCUT2D eigenvalue weighted by Crippen LogP contribution is -2.51. The molecular formula is C20H30N4O4S. The fourth-order valence-electron chi connectivity index (χ4n) is 2.99. The van der Waals surface area contributed by atoms with Gasteiger partial charge in [0.1, 0.15) is 5.00 Å². The zero-order chi connectivity index (χ0) is 21.2. The molecule has 8 nitrogen and oxygen atoms in total. The van der Waals surface area contributed by atoms with Crippen LogP contribution in [0.2, 0.25) is 0 Å². The Bertz CT molecular complexity index is 726. The average Bonchev–Trinajstić information content (AvgIpc) is 3.11. The molecule has 0 bridgehead atoms. The summed E-state index contributed by atoms with van der Waals surface area (Å²) in [5, 5.41) is 6.18. The van der Waals surface area contributed by atoms with Gasteiger partial charge in [-0.25, -0.2) is 4.79 Å². The molecule has 0 saturated carbocycles. The molecule has 1 aliphatic heterocycles. The van der Waals surface area contributed by atoms with Crippen molar-refractivity contribution in [1.29, 1.82) is 0 Å². The molecule has 1 fully saturated rings. The predicted molar refractivity (Wildman–Crippen MR) is 114 cm³/mol. The van der Waals surface area contributed by atoms with Crippen molar-refractivity contribution in [3.63, 3.8) is 0 Å². The molecule has 0 aliphatic carbocycles. The first kappa shape index (κ1) is 23.1. The second-order valence-corrected chi connectivity index (χ2v) is 7.86. The van der Waals surface area contributed by atoms with Crippen LogP contribution in [0.1, 0.15) is 29.1 Å². The van der Waals surface area contributed by atoms with Gasteiger partial charge in [0.2, 0.25) is 11.8 Å². The monoisotopic (exact) mass is 422 g/mol. The lowest BCUT2D eigenvalue weighted by molar-refractivity contribution is -0.123. The molecule has 1 aromatic rings. The van der Waals surface area contributed by atoms with Crippen molar-refractivity contribution in [2.24, 2.45) is 0 Å². The van der Waals surface area contributed by atoms with Crippen molar-refractivity contribution < 1.29 is 19.1 Å². The summed E-state index contributed by atoms with van der Waals surface area (Å²) in [6.07, 6.45) is 2.44. The summed E-state index contributed by atoms with van der Waals surface area (Å²) in [6, 6.07) is 1.79. The number of nitrogens with one attached hydrogen (secondary N) is 2. The van der Waals surface area contributed by atoms with E-state index in [-0.39, 0.29) is 18.4 Å². The Labute approximate surface area is 175 Å². The number of amides is 2. The highest BCUT2D eigenvalue weighted by Crippen LogP contribution is 2.29. The van der Waals surface area contributed by atoms with E-state index in [9.17, 15) is 14.4 Å². The topological polar surface area (TPSA) is 91.0 Å². The number of ether oxygens (including phenoxy) is 1. The SMILES string of the molecule is C=CCNC(=O)CN1CCN(CC(=O)Nc2sc(CC)cc2C(=O)OCC)CC1. The Hall–Kier alpha value is -2.23. The maximum atomic E-state index is 12.5. The third-order valence-electron chi connectivity index (χ3n) is 4.52. The normalized spacial score (nSPS) is 15.0. The van der Waals surface area contributed by atoms with Gasteiger partial charge in [0.25, 0.3) is 0 Å². The molecule has 2 amide bonds. The van der Waals surface area contributed by atoms with Gasteiger partial charge in [0.15, 0.2) is 0 Å². The van der Waals surface area contributed by atoms with Gasteiger partial charge in [-0.05, 0) is 19.4 Å². The summed E-state index contributed by atoms with van der Waals surface area (Å²) < 4.78 is 5.09. The number of carbonyl (C=O) groups is 3. The first-order valence-corrected chi connectivity index (χ1v) is 10.7. The van der Waals surface area contributed by atoms with Crippen LogP contribution < -0.4 is 10.6 Å². The van der Waals surface area contributed by atoms with E-state index in [0.29, 0.717) is 43.4 Å².